The maximum absolute atomic E-state index is 10.6. The highest BCUT2D eigenvalue weighted by Gasteiger charge is 1.98. The van der Waals surface area contributed by atoms with E-state index in [4.69, 9.17) is 0 Å². The summed E-state index contributed by atoms with van der Waals surface area (Å²) in [6.07, 6.45) is 1.73. The van der Waals surface area contributed by atoms with Gasteiger partial charge in [0.2, 0.25) is 5.91 Å². The Morgan fingerprint density at radius 1 is 1.67 bits per heavy atom. The van der Waals surface area contributed by atoms with E-state index >= 15 is 0 Å². The first kappa shape index (κ1) is 8.71. The molecule has 1 amide bonds. The van der Waals surface area contributed by atoms with Gasteiger partial charge in [-0.15, -0.1) is 0 Å². The smallest absolute Gasteiger partial charge is 0.217 e. The Hall–Kier alpha value is -1.38. The van der Waals surface area contributed by atoms with Gasteiger partial charge in [-0.05, 0) is 18.6 Å². The summed E-state index contributed by atoms with van der Waals surface area (Å²) in [6, 6.07) is 3.86. The first-order valence-corrected chi connectivity index (χ1v) is 3.85. The van der Waals surface area contributed by atoms with E-state index in [9.17, 15) is 4.79 Å². The van der Waals surface area contributed by atoms with Crippen molar-refractivity contribution in [2.45, 2.75) is 20.4 Å². The van der Waals surface area contributed by atoms with E-state index in [1.54, 1.807) is 6.20 Å². The Kier molecular flexibility index (Phi) is 2.80. The molecule has 0 aliphatic carbocycles. The highest BCUT2D eigenvalue weighted by molar-refractivity contribution is 5.72. The predicted molar refractivity (Wildman–Crippen MR) is 46.5 cm³/mol. The van der Waals surface area contributed by atoms with Gasteiger partial charge in [-0.25, -0.2) is 0 Å². The number of carbonyl (C=O) groups excluding carboxylic acids is 1. The van der Waals surface area contributed by atoms with Crippen LogP contribution >= 0.6 is 0 Å². The molecular formula is C9H12N2O. The molecule has 1 N–H and O–H groups in total. The summed E-state index contributed by atoms with van der Waals surface area (Å²) in [5, 5.41) is 2.70. The van der Waals surface area contributed by atoms with Crippen LogP contribution in [0.25, 0.3) is 0 Å². The van der Waals surface area contributed by atoms with Gasteiger partial charge in [0.05, 0.1) is 12.2 Å². The van der Waals surface area contributed by atoms with E-state index in [1.807, 2.05) is 19.1 Å². The van der Waals surface area contributed by atoms with E-state index < -0.39 is 0 Å². The molecule has 0 unspecified atom stereocenters. The molecule has 1 aromatic rings. The number of rotatable bonds is 2. The van der Waals surface area contributed by atoms with Gasteiger partial charge in [-0.1, -0.05) is 6.07 Å². The fourth-order valence-electron chi connectivity index (χ4n) is 0.912. The Morgan fingerprint density at radius 3 is 3.00 bits per heavy atom. The molecule has 0 aliphatic rings. The van der Waals surface area contributed by atoms with Crippen molar-refractivity contribution in [1.82, 2.24) is 10.3 Å². The molecule has 64 valence electrons. The third kappa shape index (κ3) is 2.34. The predicted octanol–water partition coefficient (Wildman–Crippen LogP) is 1.03. The number of nitrogens with one attached hydrogen (secondary N) is 1. The second kappa shape index (κ2) is 3.85. The average molecular weight is 164 g/mol. The molecule has 0 aromatic carbocycles. The van der Waals surface area contributed by atoms with Gasteiger partial charge in [0.1, 0.15) is 0 Å². The maximum Gasteiger partial charge on any atom is 0.217 e. The van der Waals surface area contributed by atoms with Crippen molar-refractivity contribution in [2.75, 3.05) is 0 Å². The normalized spacial score (nSPS) is 9.50. The zero-order valence-electron chi connectivity index (χ0n) is 7.29. The van der Waals surface area contributed by atoms with Gasteiger partial charge in [-0.3, -0.25) is 9.78 Å². The summed E-state index contributed by atoms with van der Waals surface area (Å²) in [5.74, 6) is -0.0277. The minimum Gasteiger partial charge on any atom is -0.351 e. The SMILES string of the molecule is CC(=O)NCc1ncccc1C. The van der Waals surface area contributed by atoms with Crippen molar-refractivity contribution >= 4 is 5.91 Å². The van der Waals surface area contributed by atoms with E-state index in [-0.39, 0.29) is 5.91 Å². The molecule has 0 aliphatic heterocycles. The van der Waals surface area contributed by atoms with Crippen LogP contribution in [-0.4, -0.2) is 10.9 Å². The highest BCUT2D eigenvalue weighted by Crippen LogP contribution is 2.01. The van der Waals surface area contributed by atoms with Gasteiger partial charge >= 0.3 is 0 Å². The molecule has 0 atom stereocenters. The number of nitrogens with zero attached hydrogens (tertiary/aromatic N) is 1. The molecule has 1 rings (SSSR count). The minimum absolute atomic E-state index is 0.0277. The third-order valence-electron chi connectivity index (χ3n) is 1.62. The second-order valence-electron chi connectivity index (χ2n) is 2.68. The zero-order valence-corrected chi connectivity index (χ0v) is 7.29. The Labute approximate surface area is 71.8 Å². The number of aromatic nitrogens is 1. The van der Waals surface area contributed by atoms with Crippen LogP contribution in [0.4, 0.5) is 0 Å². The summed E-state index contributed by atoms with van der Waals surface area (Å²) >= 11 is 0. The number of hydrogen-bond donors (Lipinski definition) is 1. The van der Waals surface area contributed by atoms with Gasteiger partial charge in [-0.2, -0.15) is 0 Å². The Balaban J connectivity index is 2.63. The quantitative estimate of drug-likeness (QED) is 0.709. The van der Waals surface area contributed by atoms with E-state index in [0.717, 1.165) is 11.3 Å². The van der Waals surface area contributed by atoms with Gasteiger partial charge in [0.25, 0.3) is 0 Å². The lowest BCUT2D eigenvalue weighted by Gasteiger charge is -2.03. The van der Waals surface area contributed by atoms with Crippen molar-refractivity contribution in [1.29, 1.82) is 0 Å². The van der Waals surface area contributed by atoms with Crippen molar-refractivity contribution in [2.24, 2.45) is 0 Å². The van der Waals surface area contributed by atoms with E-state index in [2.05, 4.69) is 10.3 Å². The fraction of sp³-hybridized carbons (Fsp3) is 0.333. The first-order valence-electron chi connectivity index (χ1n) is 3.85. The summed E-state index contributed by atoms with van der Waals surface area (Å²) in [6.45, 7) is 3.99. The van der Waals surface area contributed by atoms with Crippen LogP contribution in [0.5, 0.6) is 0 Å². The standard InChI is InChI=1S/C9H12N2O/c1-7-4-3-5-10-9(7)6-11-8(2)12/h3-5H,6H2,1-2H3,(H,11,12). The molecule has 3 nitrogen and oxygen atoms in total. The second-order valence-corrected chi connectivity index (χ2v) is 2.68. The minimum atomic E-state index is -0.0277. The molecular weight excluding hydrogens is 152 g/mol. The van der Waals surface area contributed by atoms with Crippen molar-refractivity contribution in [3.05, 3.63) is 29.6 Å². The van der Waals surface area contributed by atoms with Crippen LogP contribution in [0.2, 0.25) is 0 Å². The molecule has 0 spiro atoms. The Morgan fingerprint density at radius 2 is 2.42 bits per heavy atom. The van der Waals surface area contributed by atoms with Crippen LogP contribution in [0.3, 0.4) is 0 Å². The summed E-state index contributed by atoms with van der Waals surface area (Å²) in [7, 11) is 0. The molecule has 0 radical (unpaired) electrons. The van der Waals surface area contributed by atoms with Gasteiger partial charge < -0.3 is 5.32 Å². The number of amides is 1. The van der Waals surface area contributed by atoms with Crippen LogP contribution < -0.4 is 5.32 Å². The number of aryl methyl sites for hydroxylation is 1. The molecule has 0 saturated heterocycles. The Bertz CT molecular complexity index is 284. The third-order valence-corrected chi connectivity index (χ3v) is 1.62. The van der Waals surface area contributed by atoms with Crippen LogP contribution in [0, 0.1) is 6.92 Å². The molecule has 0 saturated carbocycles. The summed E-state index contributed by atoms with van der Waals surface area (Å²) < 4.78 is 0. The fourth-order valence-corrected chi connectivity index (χ4v) is 0.912. The van der Waals surface area contributed by atoms with Crippen molar-refractivity contribution in [3.8, 4) is 0 Å². The highest BCUT2D eigenvalue weighted by atomic mass is 16.1. The maximum atomic E-state index is 10.6. The molecule has 12 heavy (non-hydrogen) atoms. The number of pyridine rings is 1. The topological polar surface area (TPSA) is 42.0 Å². The molecule has 3 heteroatoms. The van der Waals surface area contributed by atoms with Gasteiger partial charge in [0.15, 0.2) is 0 Å². The zero-order chi connectivity index (χ0) is 8.97. The summed E-state index contributed by atoms with van der Waals surface area (Å²) in [4.78, 5) is 14.7. The molecule has 1 heterocycles. The van der Waals surface area contributed by atoms with Crippen molar-refractivity contribution in [3.63, 3.8) is 0 Å². The lowest BCUT2D eigenvalue weighted by Crippen LogP contribution is -2.20. The van der Waals surface area contributed by atoms with E-state index in [0.29, 0.717) is 6.54 Å². The summed E-state index contributed by atoms with van der Waals surface area (Å²) in [5.41, 5.74) is 2.03. The van der Waals surface area contributed by atoms with Crippen LogP contribution in [-0.2, 0) is 11.3 Å². The number of hydrogen-bond acceptors (Lipinski definition) is 2. The lowest BCUT2D eigenvalue weighted by atomic mass is 10.2. The number of carbonyl (C=O) groups is 1. The first-order chi connectivity index (χ1) is 5.70. The molecule has 0 fully saturated rings. The molecule has 1 aromatic heterocycles. The van der Waals surface area contributed by atoms with Crippen LogP contribution in [0.1, 0.15) is 18.2 Å². The van der Waals surface area contributed by atoms with E-state index in [1.165, 1.54) is 6.92 Å². The van der Waals surface area contributed by atoms with Crippen molar-refractivity contribution < 1.29 is 4.79 Å². The largest absolute Gasteiger partial charge is 0.351 e. The van der Waals surface area contributed by atoms with Gasteiger partial charge in [0, 0.05) is 13.1 Å². The lowest BCUT2D eigenvalue weighted by molar-refractivity contribution is -0.119. The monoisotopic (exact) mass is 164 g/mol. The molecule has 0 bridgehead atoms. The van der Waals surface area contributed by atoms with Crippen LogP contribution in [0.15, 0.2) is 18.3 Å². The average Bonchev–Trinajstić information content (AvgIpc) is 2.03.